The van der Waals surface area contributed by atoms with Gasteiger partial charge in [-0.3, -0.25) is 14.5 Å². The molecule has 2 N–H and O–H groups in total. The highest BCUT2D eigenvalue weighted by Gasteiger charge is 2.34. The molecule has 0 aliphatic carbocycles. The van der Waals surface area contributed by atoms with Crippen LogP contribution in [0.5, 0.6) is 0 Å². The standard InChI is InChI=1S/C19H19N3O3S2/c1-13-4-6-14(7-5-13)11-16-17(23)22(19(24)27-16)9-8-20-18(26)21-12-15-3-2-10-25-15/h2-7,10-11H,8-9,12H2,1H3,(H2,20,21,26)/b16-11-. The van der Waals surface area contributed by atoms with Crippen molar-refractivity contribution in [2.24, 2.45) is 0 Å². The van der Waals surface area contributed by atoms with Crippen molar-refractivity contribution in [3.63, 3.8) is 0 Å². The number of hydrogen-bond acceptors (Lipinski definition) is 5. The summed E-state index contributed by atoms with van der Waals surface area (Å²) in [6.45, 7) is 3.09. The van der Waals surface area contributed by atoms with Crippen LogP contribution < -0.4 is 10.6 Å². The molecule has 1 saturated heterocycles. The van der Waals surface area contributed by atoms with Crippen LogP contribution in [0.25, 0.3) is 6.08 Å². The van der Waals surface area contributed by atoms with Gasteiger partial charge in [-0.2, -0.15) is 0 Å². The van der Waals surface area contributed by atoms with E-state index in [-0.39, 0.29) is 17.7 Å². The van der Waals surface area contributed by atoms with Gasteiger partial charge in [0.2, 0.25) is 0 Å². The molecule has 0 bridgehead atoms. The second-order valence-electron chi connectivity index (χ2n) is 5.93. The van der Waals surface area contributed by atoms with Crippen LogP contribution in [-0.2, 0) is 11.3 Å². The summed E-state index contributed by atoms with van der Waals surface area (Å²) >= 11 is 6.14. The third kappa shape index (κ3) is 5.21. The number of imide groups is 1. The summed E-state index contributed by atoms with van der Waals surface area (Å²) in [4.78, 5) is 26.3. The highest BCUT2D eigenvalue weighted by atomic mass is 32.2. The molecule has 1 aliphatic rings. The summed E-state index contributed by atoms with van der Waals surface area (Å²) in [5, 5.41) is 6.16. The Morgan fingerprint density at radius 1 is 1.22 bits per heavy atom. The number of hydrogen-bond donors (Lipinski definition) is 2. The van der Waals surface area contributed by atoms with Gasteiger partial charge in [0.1, 0.15) is 5.76 Å². The highest BCUT2D eigenvalue weighted by Crippen LogP contribution is 2.31. The van der Waals surface area contributed by atoms with Gasteiger partial charge in [0, 0.05) is 13.1 Å². The third-order valence-corrected chi connectivity index (χ3v) is 5.07. The molecular weight excluding hydrogens is 382 g/mol. The molecule has 27 heavy (non-hydrogen) atoms. The first-order chi connectivity index (χ1) is 13.0. The fourth-order valence-corrected chi connectivity index (χ4v) is 3.47. The van der Waals surface area contributed by atoms with Crippen molar-refractivity contribution in [1.82, 2.24) is 15.5 Å². The lowest BCUT2D eigenvalue weighted by Crippen LogP contribution is -2.41. The maximum absolute atomic E-state index is 12.5. The zero-order valence-corrected chi connectivity index (χ0v) is 16.4. The predicted molar refractivity (Wildman–Crippen MR) is 110 cm³/mol. The van der Waals surface area contributed by atoms with E-state index in [2.05, 4.69) is 10.6 Å². The number of nitrogens with one attached hydrogen (secondary N) is 2. The molecule has 1 aromatic heterocycles. The van der Waals surface area contributed by atoms with Crippen LogP contribution in [0.4, 0.5) is 4.79 Å². The molecule has 0 spiro atoms. The Kier molecular flexibility index (Phi) is 6.31. The van der Waals surface area contributed by atoms with Gasteiger partial charge < -0.3 is 15.1 Å². The van der Waals surface area contributed by atoms with E-state index in [0.717, 1.165) is 28.6 Å². The molecule has 8 heteroatoms. The molecule has 1 fully saturated rings. The van der Waals surface area contributed by atoms with Crippen LogP contribution in [0.15, 0.2) is 52.0 Å². The molecule has 2 amide bonds. The molecule has 1 aliphatic heterocycles. The quantitative estimate of drug-likeness (QED) is 0.568. The van der Waals surface area contributed by atoms with Crippen molar-refractivity contribution in [3.8, 4) is 0 Å². The van der Waals surface area contributed by atoms with Gasteiger partial charge in [-0.15, -0.1) is 0 Å². The minimum absolute atomic E-state index is 0.248. The van der Waals surface area contributed by atoms with Gasteiger partial charge in [-0.05, 0) is 54.7 Å². The van der Waals surface area contributed by atoms with Gasteiger partial charge in [0.05, 0.1) is 17.7 Å². The minimum atomic E-state index is -0.276. The van der Waals surface area contributed by atoms with E-state index in [0.29, 0.717) is 23.1 Å². The van der Waals surface area contributed by atoms with Crippen molar-refractivity contribution < 1.29 is 14.0 Å². The number of carbonyl (C=O) groups excluding carboxylic acids is 2. The van der Waals surface area contributed by atoms with Crippen molar-refractivity contribution in [2.45, 2.75) is 13.5 Å². The van der Waals surface area contributed by atoms with E-state index in [9.17, 15) is 9.59 Å². The molecule has 0 radical (unpaired) electrons. The van der Waals surface area contributed by atoms with Crippen LogP contribution in [0.3, 0.4) is 0 Å². The van der Waals surface area contributed by atoms with Crippen LogP contribution in [0.1, 0.15) is 16.9 Å². The van der Waals surface area contributed by atoms with E-state index in [1.807, 2.05) is 37.3 Å². The smallest absolute Gasteiger partial charge is 0.293 e. The molecule has 2 aromatic rings. The number of rotatable bonds is 6. The normalized spacial score (nSPS) is 15.4. The number of thiocarbonyl (C=S) groups is 1. The Bertz CT molecular complexity index is 861. The van der Waals surface area contributed by atoms with E-state index in [4.69, 9.17) is 16.6 Å². The minimum Gasteiger partial charge on any atom is -0.467 e. The molecule has 1 aromatic carbocycles. The van der Waals surface area contributed by atoms with Crippen LogP contribution in [-0.4, -0.2) is 34.2 Å². The fraction of sp³-hybridized carbons (Fsp3) is 0.211. The van der Waals surface area contributed by atoms with Gasteiger partial charge >= 0.3 is 0 Å². The SMILES string of the molecule is Cc1ccc(/C=C2\SC(=O)N(CCNC(=S)NCc3ccco3)C2=O)cc1. The number of aryl methyl sites for hydroxylation is 1. The molecular formula is C19H19N3O3S2. The third-order valence-electron chi connectivity index (χ3n) is 3.87. The fourth-order valence-electron chi connectivity index (χ4n) is 2.43. The summed E-state index contributed by atoms with van der Waals surface area (Å²) in [5.74, 6) is 0.494. The topological polar surface area (TPSA) is 74.6 Å². The number of amides is 2. The van der Waals surface area contributed by atoms with Crippen molar-refractivity contribution >= 4 is 46.3 Å². The first-order valence-electron chi connectivity index (χ1n) is 8.39. The Labute approximate surface area is 167 Å². The molecule has 0 saturated carbocycles. The summed E-state index contributed by atoms with van der Waals surface area (Å²) in [7, 11) is 0. The van der Waals surface area contributed by atoms with Gasteiger partial charge in [-0.25, -0.2) is 0 Å². The average molecular weight is 402 g/mol. The van der Waals surface area contributed by atoms with Crippen LogP contribution in [0.2, 0.25) is 0 Å². The number of furan rings is 1. The largest absolute Gasteiger partial charge is 0.467 e. The summed E-state index contributed by atoms with van der Waals surface area (Å²) in [5.41, 5.74) is 2.04. The van der Waals surface area contributed by atoms with Crippen molar-refractivity contribution in [2.75, 3.05) is 13.1 Å². The summed E-state index contributed by atoms with van der Waals surface area (Å²) < 4.78 is 5.21. The Balaban J connectivity index is 1.48. The lowest BCUT2D eigenvalue weighted by molar-refractivity contribution is -0.122. The summed E-state index contributed by atoms with van der Waals surface area (Å²) in [6, 6.07) is 11.4. The van der Waals surface area contributed by atoms with Crippen molar-refractivity contribution in [1.29, 1.82) is 0 Å². The lowest BCUT2D eigenvalue weighted by Gasteiger charge is -2.14. The van der Waals surface area contributed by atoms with E-state index >= 15 is 0 Å². The molecule has 0 atom stereocenters. The lowest BCUT2D eigenvalue weighted by atomic mass is 10.1. The van der Waals surface area contributed by atoms with E-state index < -0.39 is 0 Å². The van der Waals surface area contributed by atoms with Crippen LogP contribution >= 0.6 is 24.0 Å². The number of nitrogens with zero attached hydrogens (tertiary/aromatic N) is 1. The number of carbonyl (C=O) groups is 2. The van der Waals surface area contributed by atoms with Gasteiger partial charge in [0.25, 0.3) is 11.1 Å². The summed E-state index contributed by atoms with van der Waals surface area (Å²) in [6.07, 6.45) is 3.34. The Morgan fingerprint density at radius 2 is 2.00 bits per heavy atom. The van der Waals surface area contributed by atoms with E-state index in [1.54, 1.807) is 18.4 Å². The molecule has 2 heterocycles. The molecule has 3 rings (SSSR count). The second kappa shape index (κ2) is 8.88. The molecule has 140 valence electrons. The molecule has 0 unspecified atom stereocenters. The zero-order valence-electron chi connectivity index (χ0n) is 14.7. The molecule has 6 nitrogen and oxygen atoms in total. The maximum Gasteiger partial charge on any atom is 0.293 e. The highest BCUT2D eigenvalue weighted by molar-refractivity contribution is 8.18. The van der Waals surface area contributed by atoms with E-state index in [1.165, 1.54) is 4.90 Å². The Morgan fingerprint density at radius 3 is 2.70 bits per heavy atom. The van der Waals surface area contributed by atoms with Gasteiger partial charge in [0.15, 0.2) is 5.11 Å². The Hall–Kier alpha value is -2.58. The first-order valence-corrected chi connectivity index (χ1v) is 9.61. The maximum atomic E-state index is 12.5. The number of benzene rings is 1. The first kappa shape index (κ1) is 19.2. The van der Waals surface area contributed by atoms with Crippen molar-refractivity contribution in [3.05, 3.63) is 64.5 Å². The zero-order chi connectivity index (χ0) is 19.2. The van der Waals surface area contributed by atoms with Crippen LogP contribution in [0, 0.1) is 6.92 Å². The second-order valence-corrected chi connectivity index (χ2v) is 7.33. The van der Waals surface area contributed by atoms with Gasteiger partial charge in [-0.1, -0.05) is 29.8 Å². The monoisotopic (exact) mass is 401 g/mol. The average Bonchev–Trinajstić information content (AvgIpc) is 3.26. The predicted octanol–water partition coefficient (Wildman–Crippen LogP) is 3.29. The number of thioether (sulfide) groups is 1.